The summed E-state index contributed by atoms with van der Waals surface area (Å²) < 4.78 is 0. The van der Waals surface area contributed by atoms with Gasteiger partial charge < -0.3 is 10.4 Å². The third kappa shape index (κ3) is 3.32. The zero-order valence-electron chi connectivity index (χ0n) is 8.26. The maximum atomic E-state index is 11.3. The molecule has 0 aromatic carbocycles. The Hall–Kier alpha value is -1.43. The minimum Gasteiger partial charge on any atom is -0.377 e. The average Bonchev–Trinajstić information content (AvgIpc) is 2.96. The van der Waals surface area contributed by atoms with Gasteiger partial charge in [0.25, 0.3) is 11.9 Å². The van der Waals surface area contributed by atoms with Gasteiger partial charge in [0.05, 0.1) is 0 Å². The lowest BCUT2D eigenvalue weighted by molar-refractivity contribution is -0.530. The highest BCUT2D eigenvalue weighted by molar-refractivity contribution is 5.81. The molecule has 2 unspecified atom stereocenters. The highest BCUT2D eigenvalue weighted by Gasteiger charge is 2.36. The number of rotatable bonds is 6. The summed E-state index contributed by atoms with van der Waals surface area (Å²) in [6.45, 7) is 3.35. The summed E-state index contributed by atoms with van der Waals surface area (Å²) in [6.07, 6.45) is 1.46. The van der Waals surface area contributed by atoms with Crippen LogP contribution in [0.15, 0.2) is 12.7 Å². The summed E-state index contributed by atoms with van der Waals surface area (Å²) in [5.74, 6) is -0.666. The van der Waals surface area contributed by atoms with E-state index in [9.17, 15) is 20.0 Å². The van der Waals surface area contributed by atoms with Gasteiger partial charge in [-0.2, -0.15) is 0 Å². The van der Waals surface area contributed by atoms with Crippen LogP contribution in [0, 0.1) is 10.1 Å². The van der Waals surface area contributed by atoms with Crippen molar-refractivity contribution in [3.05, 3.63) is 22.8 Å². The molecule has 0 heterocycles. The lowest BCUT2D eigenvalue weighted by Gasteiger charge is -2.14. The Labute approximate surface area is 87.1 Å². The van der Waals surface area contributed by atoms with Crippen molar-refractivity contribution in [3.8, 4) is 0 Å². The van der Waals surface area contributed by atoms with Crippen LogP contribution in [0.1, 0.15) is 19.3 Å². The molecule has 1 aliphatic rings. The second-order valence-corrected chi connectivity index (χ2v) is 3.60. The Kier molecular flexibility index (Phi) is 3.79. The standard InChI is InChI=1S/C9H14N2O4/c1-2-3-7(11(14)15)8(12)9(13)10-6-4-5-6/h2,6-8,12H,1,3-5H2,(H,10,13). The van der Waals surface area contributed by atoms with E-state index in [1.165, 1.54) is 6.08 Å². The summed E-state index contributed by atoms with van der Waals surface area (Å²) in [7, 11) is 0. The first kappa shape index (κ1) is 11.6. The monoisotopic (exact) mass is 214 g/mol. The molecule has 1 amide bonds. The molecule has 1 fully saturated rings. The van der Waals surface area contributed by atoms with Crippen LogP contribution in [0.2, 0.25) is 0 Å². The topological polar surface area (TPSA) is 92.5 Å². The normalized spacial score (nSPS) is 19.0. The third-order valence-electron chi connectivity index (χ3n) is 2.24. The Morgan fingerprint density at radius 3 is 2.73 bits per heavy atom. The van der Waals surface area contributed by atoms with Crippen LogP contribution in [0.4, 0.5) is 0 Å². The predicted octanol–water partition coefficient (Wildman–Crippen LogP) is -0.153. The molecule has 0 saturated heterocycles. The number of carbonyl (C=O) groups is 1. The van der Waals surface area contributed by atoms with Gasteiger partial charge in [-0.1, -0.05) is 6.08 Å². The first-order valence-corrected chi connectivity index (χ1v) is 4.79. The Bertz CT molecular complexity index is 275. The first-order valence-electron chi connectivity index (χ1n) is 4.79. The number of carbonyl (C=O) groups excluding carboxylic acids is 1. The number of nitro groups is 1. The lowest BCUT2D eigenvalue weighted by atomic mass is 10.1. The van der Waals surface area contributed by atoms with E-state index in [0.717, 1.165) is 12.8 Å². The zero-order chi connectivity index (χ0) is 11.4. The van der Waals surface area contributed by atoms with E-state index < -0.39 is 23.0 Å². The number of nitrogens with one attached hydrogen (secondary N) is 1. The highest BCUT2D eigenvalue weighted by Crippen LogP contribution is 2.19. The Morgan fingerprint density at radius 2 is 2.33 bits per heavy atom. The van der Waals surface area contributed by atoms with Gasteiger partial charge in [0.1, 0.15) is 0 Å². The van der Waals surface area contributed by atoms with Crippen molar-refractivity contribution in [2.24, 2.45) is 0 Å². The lowest BCUT2D eigenvalue weighted by Crippen LogP contribution is -2.46. The first-order chi connectivity index (χ1) is 7.06. The second kappa shape index (κ2) is 4.88. The van der Waals surface area contributed by atoms with E-state index in [0.29, 0.717) is 0 Å². The third-order valence-corrected chi connectivity index (χ3v) is 2.24. The Morgan fingerprint density at radius 1 is 1.73 bits per heavy atom. The molecule has 1 rings (SSSR count). The predicted molar refractivity (Wildman–Crippen MR) is 52.8 cm³/mol. The quantitative estimate of drug-likeness (QED) is 0.365. The van der Waals surface area contributed by atoms with Crippen LogP contribution in [-0.2, 0) is 4.79 Å². The summed E-state index contributed by atoms with van der Waals surface area (Å²) >= 11 is 0. The minimum absolute atomic E-state index is 0.0216. The molecule has 84 valence electrons. The van der Waals surface area contributed by atoms with Crippen LogP contribution in [0.3, 0.4) is 0 Å². The molecular formula is C9H14N2O4. The van der Waals surface area contributed by atoms with E-state index in [-0.39, 0.29) is 12.5 Å². The van der Waals surface area contributed by atoms with Gasteiger partial charge in [0.15, 0.2) is 0 Å². The molecule has 1 saturated carbocycles. The van der Waals surface area contributed by atoms with E-state index >= 15 is 0 Å². The molecule has 1 aliphatic carbocycles. The van der Waals surface area contributed by atoms with Crippen LogP contribution in [0.25, 0.3) is 0 Å². The fourth-order valence-corrected chi connectivity index (χ4v) is 1.19. The fraction of sp³-hybridized carbons (Fsp3) is 0.667. The smallest absolute Gasteiger partial charge is 0.256 e. The molecule has 15 heavy (non-hydrogen) atoms. The zero-order valence-corrected chi connectivity index (χ0v) is 8.26. The second-order valence-electron chi connectivity index (χ2n) is 3.60. The van der Waals surface area contributed by atoms with Crippen LogP contribution >= 0.6 is 0 Å². The Balaban J connectivity index is 2.52. The number of nitrogens with zero attached hydrogens (tertiary/aromatic N) is 1. The van der Waals surface area contributed by atoms with E-state index in [4.69, 9.17) is 0 Å². The van der Waals surface area contributed by atoms with E-state index in [1.807, 2.05) is 0 Å². The molecule has 0 radical (unpaired) electrons. The minimum atomic E-state index is -1.60. The largest absolute Gasteiger partial charge is 0.377 e. The van der Waals surface area contributed by atoms with E-state index in [2.05, 4.69) is 11.9 Å². The fourth-order valence-electron chi connectivity index (χ4n) is 1.19. The number of hydrogen-bond acceptors (Lipinski definition) is 4. The summed E-state index contributed by atoms with van der Waals surface area (Å²) in [5.41, 5.74) is 0. The molecule has 0 spiro atoms. The summed E-state index contributed by atoms with van der Waals surface area (Å²) in [4.78, 5) is 21.2. The van der Waals surface area contributed by atoms with Crippen molar-refractivity contribution >= 4 is 5.91 Å². The molecule has 0 aromatic heterocycles. The van der Waals surface area contributed by atoms with Gasteiger partial charge in [0.2, 0.25) is 6.10 Å². The van der Waals surface area contributed by atoms with Gasteiger partial charge in [-0.25, -0.2) is 0 Å². The van der Waals surface area contributed by atoms with Crippen molar-refractivity contribution < 1.29 is 14.8 Å². The van der Waals surface area contributed by atoms with E-state index in [1.54, 1.807) is 0 Å². The van der Waals surface area contributed by atoms with Crippen molar-refractivity contribution in [1.29, 1.82) is 0 Å². The molecule has 0 aromatic rings. The van der Waals surface area contributed by atoms with Gasteiger partial charge in [-0.05, 0) is 12.8 Å². The highest BCUT2D eigenvalue weighted by atomic mass is 16.6. The molecular weight excluding hydrogens is 200 g/mol. The summed E-state index contributed by atoms with van der Waals surface area (Å²) in [6, 6.07) is -1.22. The maximum absolute atomic E-state index is 11.3. The number of amides is 1. The van der Waals surface area contributed by atoms with Crippen molar-refractivity contribution in [1.82, 2.24) is 5.32 Å². The van der Waals surface area contributed by atoms with Crippen LogP contribution in [-0.4, -0.2) is 34.1 Å². The van der Waals surface area contributed by atoms with Crippen molar-refractivity contribution in [2.45, 2.75) is 37.5 Å². The van der Waals surface area contributed by atoms with Gasteiger partial charge in [-0.15, -0.1) is 6.58 Å². The summed E-state index contributed by atoms with van der Waals surface area (Å²) in [5, 5.41) is 22.5. The van der Waals surface area contributed by atoms with Crippen molar-refractivity contribution in [2.75, 3.05) is 0 Å². The molecule has 2 atom stereocenters. The van der Waals surface area contributed by atoms with Crippen LogP contribution in [0.5, 0.6) is 0 Å². The van der Waals surface area contributed by atoms with Gasteiger partial charge in [0, 0.05) is 17.4 Å². The SMILES string of the molecule is C=CCC(C(O)C(=O)NC1CC1)[N+](=O)[O-]. The average molecular weight is 214 g/mol. The number of hydrogen-bond donors (Lipinski definition) is 2. The maximum Gasteiger partial charge on any atom is 0.256 e. The molecule has 0 bridgehead atoms. The molecule has 2 N–H and O–H groups in total. The number of aliphatic hydroxyl groups excluding tert-OH is 1. The van der Waals surface area contributed by atoms with Gasteiger partial charge >= 0.3 is 0 Å². The van der Waals surface area contributed by atoms with Gasteiger partial charge in [-0.3, -0.25) is 14.9 Å². The van der Waals surface area contributed by atoms with Crippen molar-refractivity contribution in [3.63, 3.8) is 0 Å². The van der Waals surface area contributed by atoms with Crippen LogP contribution < -0.4 is 5.32 Å². The molecule has 6 heteroatoms. The molecule has 6 nitrogen and oxygen atoms in total. The number of aliphatic hydroxyl groups is 1. The molecule has 0 aliphatic heterocycles.